The molecule has 2 N–H and O–H groups in total. The molecule has 1 aromatic rings. The Bertz CT molecular complexity index is 494. The van der Waals surface area contributed by atoms with E-state index < -0.39 is 0 Å². The van der Waals surface area contributed by atoms with Crippen LogP contribution in [0.15, 0.2) is 12.1 Å². The molecule has 0 radical (unpaired) electrons. The first-order valence-electron chi connectivity index (χ1n) is 8.63. The van der Waals surface area contributed by atoms with Gasteiger partial charge in [-0.25, -0.2) is 0 Å². The van der Waals surface area contributed by atoms with Crippen molar-refractivity contribution >= 4 is 11.7 Å². The van der Waals surface area contributed by atoms with Gasteiger partial charge in [0, 0.05) is 45.8 Å². The summed E-state index contributed by atoms with van der Waals surface area (Å²) in [6, 6.07) is 3.67. The SMILES string of the molecule is O=C(NCCCN1CCNCC1)c1ccc(N2CCCC2)nn1. The molecule has 2 aliphatic heterocycles. The molecule has 0 spiro atoms. The fourth-order valence-electron chi connectivity index (χ4n) is 3.09. The third-order valence-corrected chi connectivity index (χ3v) is 4.46. The molecule has 3 heterocycles. The van der Waals surface area contributed by atoms with Gasteiger partial charge < -0.3 is 20.4 Å². The van der Waals surface area contributed by atoms with Crippen LogP contribution in [0.2, 0.25) is 0 Å². The Kier molecular flexibility index (Phi) is 5.76. The summed E-state index contributed by atoms with van der Waals surface area (Å²) in [5.41, 5.74) is 0.398. The normalized spacial score (nSPS) is 19.0. The zero-order chi connectivity index (χ0) is 15.9. The number of piperazine rings is 1. The van der Waals surface area contributed by atoms with Gasteiger partial charge in [-0.1, -0.05) is 0 Å². The molecule has 23 heavy (non-hydrogen) atoms. The molecule has 0 aliphatic carbocycles. The molecule has 7 nitrogen and oxygen atoms in total. The molecular weight excluding hydrogens is 292 g/mol. The minimum absolute atomic E-state index is 0.134. The van der Waals surface area contributed by atoms with Gasteiger partial charge in [0.25, 0.3) is 5.91 Å². The van der Waals surface area contributed by atoms with Crippen molar-refractivity contribution in [3.8, 4) is 0 Å². The lowest BCUT2D eigenvalue weighted by Gasteiger charge is -2.27. The molecule has 1 amide bonds. The molecule has 0 unspecified atom stereocenters. The molecule has 3 rings (SSSR count). The topological polar surface area (TPSA) is 73.4 Å². The van der Waals surface area contributed by atoms with Crippen molar-refractivity contribution in [3.05, 3.63) is 17.8 Å². The van der Waals surface area contributed by atoms with Crippen LogP contribution in [0.3, 0.4) is 0 Å². The van der Waals surface area contributed by atoms with Crippen LogP contribution in [-0.2, 0) is 0 Å². The molecular formula is C16H26N6O. The second-order valence-corrected chi connectivity index (χ2v) is 6.17. The zero-order valence-corrected chi connectivity index (χ0v) is 13.6. The Morgan fingerprint density at radius 3 is 2.61 bits per heavy atom. The van der Waals surface area contributed by atoms with Gasteiger partial charge in [0.1, 0.15) is 0 Å². The summed E-state index contributed by atoms with van der Waals surface area (Å²) in [4.78, 5) is 16.7. The molecule has 2 fully saturated rings. The molecule has 1 aromatic heterocycles. The zero-order valence-electron chi connectivity index (χ0n) is 13.6. The molecule has 0 saturated carbocycles. The second-order valence-electron chi connectivity index (χ2n) is 6.17. The van der Waals surface area contributed by atoms with Gasteiger partial charge in [0.2, 0.25) is 0 Å². The first kappa shape index (κ1) is 16.1. The highest BCUT2D eigenvalue weighted by atomic mass is 16.1. The van der Waals surface area contributed by atoms with E-state index in [1.807, 2.05) is 6.07 Å². The van der Waals surface area contributed by atoms with Gasteiger partial charge >= 0.3 is 0 Å². The number of nitrogens with zero attached hydrogens (tertiary/aromatic N) is 4. The van der Waals surface area contributed by atoms with Crippen molar-refractivity contribution in [1.82, 2.24) is 25.7 Å². The number of aromatic nitrogens is 2. The van der Waals surface area contributed by atoms with Crippen molar-refractivity contribution in [1.29, 1.82) is 0 Å². The average molecular weight is 318 g/mol. The van der Waals surface area contributed by atoms with Gasteiger partial charge in [0.15, 0.2) is 11.5 Å². The monoisotopic (exact) mass is 318 g/mol. The Labute approximate surface area is 137 Å². The van der Waals surface area contributed by atoms with Crippen molar-refractivity contribution in [3.63, 3.8) is 0 Å². The first-order valence-corrected chi connectivity index (χ1v) is 8.63. The predicted molar refractivity (Wildman–Crippen MR) is 89.7 cm³/mol. The van der Waals surface area contributed by atoms with E-state index in [1.165, 1.54) is 12.8 Å². The van der Waals surface area contributed by atoms with Crippen molar-refractivity contribution in [2.45, 2.75) is 19.3 Å². The highest BCUT2D eigenvalue weighted by Crippen LogP contribution is 2.16. The molecule has 7 heteroatoms. The third kappa shape index (κ3) is 4.62. The maximum atomic E-state index is 12.1. The van der Waals surface area contributed by atoms with Gasteiger partial charge in [-0.2, -0.15) is 0 Å². The Balaban J connectivity index is 1.39. The summed E-state index contributed by atoms with van der Waals surface area (Å²) in [7, 11) is 0. The van der Waals surface area contributed by atoms with Crippen LogP contribution in [0, 0.1) is 0 Å². The van der Waals surface area contributed by atoms with E-state index in [2.05, 4.69) is 30.6 Å². The number of rotatable bonds is 6. The molecule has 0 bridgehead atoms. The average Bonchev–Trinajstić information content (AvgIpc) is 3.14. The lowest BCUT2D eigenvalue weighted by molar-refractivity contribution is 0.0945. The van der Waals surface area contributed by atoms with Crippen LogP contribution >= 0.6 is 0 Å². The fourth-order valence-corrected chi connectivity index (χ4v) is 3.09. The standard InChI is InChI=1S/C16H26N6O/c23-16(18-6-3-9-21-12-7-17-8-13-21)14-4-5-15(20-19-14)22-10-1-2-11-22/h4-5,17H,1-3,6-13H2,(H,18,23). The van der Waals surface area contributed by atoms with Gasteiger partial charge in [-0.3, -0.25) is 4.79 Å². The lowest BCUT2D eigenvalue weighted by atomic mass is 10.3. The van der Waals surface area contributed by atoms with Crippen LogP contribution in [0.1, 0.15) is 29.8 Å². The first-order chi connectivity index (χ1) is 11.3. The molecule has 2 saturated heterocycles. The van der Waals surface area contributed by atoms with Gasteiger partial charge in [-0.05, 0) is 37.9 Å². The Hall–Kier alpha value is -1.73. The van der Waals surface area contributed by atoms with Gasteiger partial charge in [0.05, 0.1) is 0 Å². The van der Waals surface area contributed by atoms with E-state index in [-0.39, 0.29) is 5.91 Å². The van der Waals surface area contributed by atoms with E-state index >= 15 is 0 Å². The number of amides is 1. The Morgan fingerprint density at radius 2 is 1.91 bits per heavy atom. The summed E-state index contributed by atoms with van der Waals surface area (Å²) in [5.74, 6) is 0.739. The highest BCUT2D eigenvalue weighted by molar-refractivity contribution is 5.92. The molecule has 0 atom stereocenters. The highest BCUT2D eigenvalue weighted by Gasteiger charge is 2.15. The van der Waals surface area contributed by atoms with Crippen molar-refractivity contribution in [2.75, 3.05) is 57.3 Å². The summed E-state index contributed by atoms with van der Waals surface area (Å²) < 4.78 is 0. The number of nitrogens with one attached hydrogen (secondary N) is 2. The number of hydrogen-bond acceptors (Lipinski definition) is 6. The second kappa shape index (κ2) is 8.21. The van der Waals surface area contributed by atoms with Crippen LogP contribution in [0.4, 0.5) is 5.82 Å². The van der Waals surface area contributed by atoms with Crippen molar-refractivity contribution in [2.24, 2.45) is 0 Å². The summed E-state index contributed by atoms with van der Waals surface area (Å²) >= 11 is 0. The van der Waals surface area contributed by atoms with E-state index in [9.17, 15) is 4.79 Å². The summed E-state index contributed by atoms with van der Waals surface area (Å²) in [6.45, 7) is 8.09. The van der Waals surface area contributed by atoms with E-state index in [0.717, 1.165) is 58.1 Å². The summed E-state index contributed by atoms with van der Waals surface area (Å²) in [6.07, 6.45) is 3.37. The maximum absolute atomic E-state index is 12.1. The van der Waals surface area contributed by atoms with Crippen LogP contribution in [0.5, 0.6) is 0 Å². The molecule has 126 valence electrons. The van der Waals surface area contributed by atoms with Crippen LogP contribution in [0.25, 0.3) is 0 Å². The Morgan fingerprint density at radius 1 is 1.13 bits per heavy atom. The van der Waals surface area contributed by atoms with Crippen LogP contribution < -0.4 is 15.5 Å². The van der Waals surface area contributed by atoms with Crippen molar-refractivity contribution < 1.29 is 4.79 Å². The maximum Gasteiger partial charge on any atom is 0.271 e. The largest absolute Gasteiger partial charge is 0.355 e. The summed E-state index contributed by atoms with van der Waals surface area (Å²) in [5, 5.41) is 14.5. The van der Waals surface area contributed by atoms with E-state index in [4.69, 9.17) is 0 Å². The predicted octanol–water partition coefficient (Wildman–Crippen LogP) is 0.102. The molecule has 2 aliphatic rings. The smallest absolute Gasteiger partial charge is 0.271 e. The lowest BCUT2D eigenvalue weighted by Crippen LogP contribution is -2.44. The van der Waals surface area contributed by atoms with E-state index in [0.29, 0.717) is 12.2 Å². The third-order valence-electron chi connectivity index (χ3n) is 4.46. The van der Waals surface area contributed by atoms with Gasteiger partial charge in [-0.15, -0.1) is 10.2 Å². The molecule has 0 aromatic carbocycles. The number of hydrogen-bond donors (Lipinski definition) is 2. The fraction of sp³-hybridized carbons (Fsp3) is 0.688. The number of carbonyl (C=O) groups excluding carboxylic acids is 1. The minimum atomic E-state index is -0.134. The number of anilines is 1. The van der Waals surface area contributed by atoms with Crippen LogP contribution in [-0.4, -0.2) is 73.4 Å². The minimum Gasteiger partial charge on any atom is -0.355 e. The van der Waals surface area contributed by atoms with E-state index in [1.54, 1.807) is 6.07 Å². The quantitative estimate of drug-likeness (QED) is 0.725. The number of carbonyl (C=O) groups is 1.